The second kappa shape index (κ2) is 6.42. The van der Waals surface area contributed by atoms with Crippen LogP contribution in [-0.2, 0) is 12.4 Å². The second-order valence-electron chi connectivity index (χ2n) is 3.85. The number of aromatic nitrogens is 1. The maximum atomic E-state index is 8.98. The minimum atomic E-state index is 0.0947. The number of benzene rings is 1. The highest BCUT2D eigenvalue weighted by Gasteiger charge is 2.02. The van der Waals surface area contributed by atoms with Crippen LogP contribution in [0.5, 0.6) is 0 Å². The highest BCUT2D eigenvalue weighted by atomic mass is 32.2. The fraction of sp³-hybridized carbons (Fsp3) is 0.214. The predicted octanol–water partition coefficient (Wildman–Crippen LogP) is 2.91. The van der Waals surface area contributed by atoms with E-state index in [1.54, 1.807) is 18.0 Å². The lowest BCUT2D eigenvalue weighted by Crippen LogP contribution is -1.96. The Balaban J connectivity index is 2.02. The fourth-order valence-electron chi connectivity index (χ4n) is 1.63. The van der Waals surface area contributed by atoms with Crippen LogP contribution in [0.4, 0.5) is 5.82 Å². The van der Waals surface area contributed by atoms with Crippen LogP contribution in [0.25, 0.3) is 0 Å². The first-order valence-electron chi connectivity index (χ1n) is 5.77. The lowest BCUT2D eigenvalue weighted by Gasteiger charge is -2.07. The molecule has 0 fully saturated rings. The van der Waals surface area contributed by atoms with Gasteiger partial charge in [0.05, 0.1) is 6.61 Å². The molecule has 0 unspecified atom stereocenters. The summed E-state index contributed by atoms with van der Waals surface area (Å²) in [5.74, 6) is 1.81. The first-order chi connectivity index (χ1) is 8.83. The molecule has 2 rings (SSSR count). The summed E-state index contributed by atoms with van der Waals surface area (Å²) in [5, 5.41) is 12.1. The van der Waals surface area contributed by atoms with Gasteiger partial charge in [-0.1, -0.05) is 18.2 Å². The Bertz CT molecular complexity index is 499. The Hall–Kier alpha value is -1.52. The molecule has 2 N–H and O–H groups in total. The number of hydrogen-bond acceptors (Lipinski definition) is 4. The summed E-state index contributed by atoms with van der Waals surface area (Å²) in [6, 6.07) is 12.0. The van der Waals surface area contributed by atoms with Gasteiger partial charge < -0.3 is 10.4 Å². The number of anilines is 1. The Morgan fingerprint density at radius 3 is 2.67 bits per heavy atom. The fourth-order valence-corrected chi connectivity index (χ4v) is 2.52. The third-order valence-corrected chi connectivity index (χ3v) is 3.69. The third-order valence-electron chi connectivity index (χ3n) is 2.63. The molecule has 2 aromatic rings. The van der Waals surface area contributed by atoms with Crippen LogP contribution < -0.4 is 5.32 Å². The van der Waals surface area contributed by atoms with Gasteiger partial charge in [-0.3, -0.25) is 0 Å². The topological polar surface area (TPSA) is 45.2 Å². The van der Waals surface area contributed by atoms with Gasteiger partial charge >= 0.3 is 0 Å². The standard InChI is InChI=1S/C14H16N2OS/c1-15-14-12(3-2-8-16-14)10-18-13-6-4-11(9-17)5-7-13/h2-8,17H,9-10H2,1H3,(H,15,16). The third kappa shape index (κ3) is 3.24. The van der Waals surface area contributed by atoms with Crippen molar-refractivity contribution in [3.63, 3.8) is 0 Å². The van der Waals surface area contributed by atoms with E-state index in [2.05, 4.69) is 16.4 Å². The van der Waals surface area contributed by atoms with Crippen LogP contribution >= 0.6 is 11.8 Å². The highest BCUT2D eigenvalue weighted by Crippen LogP contribution is 2.25. The van der Waals surface area contributed by atoms with E-state index in [0.29, 0.717) is 0 Å². The number of nitrogens with one attached hydrogen (secondary N) is 1. The van der Waals surface area contributed by atoms with Gasteiger partial charge in [0.25, 0.3) is 0 Å². The molecule has 4 heteroatoms. The first kappa shape index (κ1) is 12.9. The van der Waals surface area contributed by atoms with Crippen LogP contribution in [-0.4, -0.2) is 17.1 Å². The highest BCUT2D eigenvalue weighted by molar-refractivity contribution is 7.98. The molecule has 1 aromatic carbocycles. The molecule has 3 nitrogen and oxygen atoms in total. The second-order valence-corrected chi connectivity index (χ2v) is 4.90. The summed E-state index contributed by atoms with van der Waals surface area (Å²) in [4.78, 5) is 5.47. The van der Waals surface area contributed by atoms with Gasteiger partial charge in [0.1, 0.15) is 5.82 Å². The number of hydrogen-bond donors (Lipinski definition) is 2. The summed E-state index contributed by atoms with van der Waals surface area (Å²) in [6.07, 6.45) is 1.79. The van der Waals surface area contributed by atoms with Crippen molar-refractivity contribution >= 4 is 17.6 Å². The van der Waals surface area contributed by atoms with E-state index in [1.807, 2.05) is 37.4 Å². The van der Waals surface area contributed by atoms with E-state index >= 15 is 0 Å². The van der Waals surface area contributed by atoms with Crippen LogP contribution in [0.3, 0.4) is 0 Å². The van der Waals surface area contributed by atoms with Crippen molar-refractivity contribution in [1.29, 1.82) is 0 Å². The molecule has 0 spiro atoms. The van der Waals surface area contributed by atoms with E-state index in [1.165, 1.54) is 10.5 Å². The molecule has 0 atom stereocenters. The zero-order valence-electron chi connectivity index (χ0n) is 10.3. The summed E-state index contributed by atoms with van der Waals surface area (Å²) < 4.78 is 0. The zero-order chi connectivity index (χ0) is 12.8. The minimum absolute atomic E-state index is 0.0947. The average molecular weight is 260 g/mol. The van der Waals surface area contributed by atoms with Gasteiger partial charge in [-0.15, -0.1) is 11.8 Å². The molecule has 0 aliphatic rings. The van der Waals surface area contributed by atoms with Crippen LogP contribution in [0.1, 0.15) is 11.1 Å². The molecule has 0 saturated heterocycles. The van der Waals surface area contributed by atoms with Crippen molar-refractivity contribution in [3.05, 3.63) is 53.7 Å². The number of aliphatic hydroxyl groups is 1. The molecule has 0 aliphatic heterocycles. The monoisotopic (exact) mass is 260 g/mol. The largest absolute Gasteiger partial charge is 0.392 e. The maximum absolute atomic E-state index is 8.98. The summed E-state index contributed by atoms with van der Waals surface area (Å²) in [5.41, 5.74) is 2.13. The predicted molar refractivity (Wildman–Crippen MR) is 75.7 cm³/mol. The molecule has 0 aliphatic carbocycles. The van der Waals surface area contributed by atoms with Crippen LogP contribution in [0, 0.1) is 0 Å². The van der Waals surface area contributed by atoms with Gasteiger partial charge in [-0.25, -0.2) is 4.98 Å². The Kier molecular flexibility index (Phi) is 4.61. The molecular formula is C14H16N2OS. The van der Waals surface area contributed by atoms with Crippen molar-refractivity contribution in [2.75, 3.05) is 12.4 Å². The number of aliphatic hydroxyl groups excluding tert-OH is 1. The van der Waals surface area contributed by atoms with Crippen molar-refractivity contribution in [2.45, 2.75) is 17.3 Å². The Morgan fingerprint density at radius 1 is 1.22 bits per heavy atom. The van der Waals surface area contributed by atoms with Gasteiger partial charge in [0, 0.05) is 29.5 Å². The van der Waals surface area contributed by atoms with Crippen molar-refractivity contribution in [3.8, 4) is 0 Å². The van der Waals surface area contributed by atoms with Gasteiger partial charge in [0.2, 0.25) is 0 Å². The smallest absolute Gasteiger partial charge is 0.129 e. The van der Waals surface area contributed by atoms with Crippen LogP contribution in [0.15, 0.2) is 47.5 Å². The molecule has 0 saturated carbocycles. The molecule has 1 aromatic heterocycles. The molecule has 18 heavy (non-hydrogen) atoms. The van der Waals surface area contributed by atoms with E-state index < -0.39 is 0 Å². The van der Waals surface area contributed by atoms with E-state index in [0.717, 1.165) is 17.1 Å². The molecule has 0 amide bonds. The van der Waals surface area contributed by atoms with Gasteiger partial charge in [-0.05, 0) is 23.8 Å². The van der Waals surface area contributed by atoms with E-state index in [4.69, 9.17) is 5.11 Å². The average Bonchev–Trinajstić information content (AvgIpc) is 2.46. The maximum Gasteiger partial charge on any atom is 0.129 e. The van der Waals surface area contributed by atoms with Crippen LogP contribution in [0.2, 0.25) is 0 Å². The van der Waals surface area contributed by atoms with E-state index in [-0.39, 0.29) is 6.61 Å². The number of rotatable bonds is 5. The summed E-state index contributed by atoms with van der Waals surface area (Å²) in [7, 11) is 1.88. The lowest BCUT2D eigenvalue weighted by atomic mass is 10.2. The SMILES string of the molecule is CNc1ncccc1CSc1ccc(CO)cc1. The molecule has 94 valence electrons. The molecular weight excluding hydrogens is 244 g/mol. The van der Waals surface area contributed by atoms with Crippen molar-refractivity contribution < 1.29 is 5.11 Å². The van der Waals surface area contributed by atoms with Crippen molar-refractivity contribution in [2.24, 2.45) is 0 Å². The number of pyridine rings is 1. The summed E-state index contributed by atoms with van der Waals surface area (Å²) in [6.45, 7) is 0.0947. The normalized spacial score (nSPS) is 10.3. The number of thioether (sulfide) groups is 1. The molecule has 0 radical (unpaired) electrons. The Labute approximate surface area is 111 Å². The summed E-state index contributed by atoms with van der Waals surface area (Å²) >= 11 is 1.76. The lowest BCUT2D eigenvalue weighted by molar-refractivity contribution is 0.282. The molecule has 1 heterocycles. The molecule has 0 bridgehead atoms. The minimum Gasteiger partial charge on any atom is -0.392 e. The van der Waals surface area contributed by atoms with E-state index in [9.17, 15) is 0 Å². The quantitative estimate of drug-likeness (QED) is 0.811. The number of nitrogens with zero attached hydrogens (tertiary/aromatic N) is 1. The van der Waals surface area contributed by atoms with Crippen molar-refractivity contribution in [1.82, 2.24) is 4.98 Å². The van der Waals surface area contributed by atoms with Gasteiger partial charge in [-0.2, -0.15) is 0 Å². The first-order valence-corrected chi connectivity index (χ1v) is 6.76. The zero-order valence-corrected chi connectivity index (χ0v) is 11.1. The van der Waals surface area contributed by atoms with Gasteiger partial charge in [0.15, 0.2) is 0 Å². The Morgan fingerprint density at radius 2 is 2.00 bits per heavy atom.